The molecule has 0 radical (unpaired) electrons. The van der Waals surface area contributed by atoms with E-state index in [4.69, 9.17) is 5.73 Å². The predicted molar refractivity (Wildman–Crippen MR) is 406 cm³/mol. The summed E-state index contributed by atoms with van der Waals surface area (Å²) in [6.07, 6.45) is -3.69. The van der Waals surface area contributed by atoms with Crippen LogP contribution in [-0.4, -0.2) is 240 Å². The van der Waals surface area contributed by atoms with Crippen LogP contribution in [0, 0.1) is 11.8 Å². The standard InChI is InChI=1S/C76H118N16O19/c1-19-76(18,70(111)92-39-49(96)35-53(92)62(103)79-43(6)58(99)81-47(40-93)33-45-26-22-20-23-27-45)87-59(100)50(30-31-55(77)97)83-63(104)54-36-48(95)38-91(54)69(110)75(16,17)90-67(108)73(12,13)85-60(101)51(32-41(2)3)82-56(98)37-78-64(105)57(42(4)5)84-65(106)71(8,9)88-68(109)74(14,15)89-66(107)72(10,11)86-61(102)52(80-44(7)94)34-46-28-24-21-25-29-46/h20-29,41-43,47-54,57,93,95-96H,19,30-40H2,1-18H3,(H2,77,97)(H,78,105)(H,79,103)(H,80,94)(H,81,99)(H,82,98)(H,83,104)(H,84,106)(H,85,101)(H,86,102)(H,87,100)(H,88,109)(H,89,107)(H,90,108). The average molecular weight is 1560 g/mol. The lowest BCUT2D eigenvalue weighted by molar-refractivity contribution is -0.147. The maximum atomic E-state index is 14.6. The van der Waals surface area contributed by atoms with Crippen LogP contribution in [-0.2, 0) is 89.6 Å². The third-order valence-corrected chi connectivity index (χ3v) is 19.2. The molecule has 616 valence electrons. The Bertz CT molecular complexity index is 3720. The second kappa shape index (κ2) is 39.7. The third-order valence-electron chi connectivity index (χ3n) is 19.2. The molecule has 0 spiro atoms. The molecule has 2 aliphatic heterocycles. The zero-order valence-electron chi connectivity index (χ0n) is 67.0. The van der Waals surface area contributed by atoms with E-state index in [1.54, 1.807) is 77.1 Å². The zero-order chi connectivity index (χ0) is 84.2. The van der Waals surface area contributed by atoms with Gasteiger partial charge in [0.15, 0.2) is 0 Å². The van der Waals surface area contributed by atoms with Gasteiger partial charge in [-0.25, -0.2) is 0 Å². The Morgan fingerprint density at radius 3 is 1.40 bits per heavy atom. The van der Waals surface area contributed by atoms with E-state index in [0.717, 1.165) is 20.9 Å². The predicted octanol–water partition coefficient (Wildman–Crippen LogP) is -2.82. The molecule has 11 atom stereocenters. The van der Waals surface area contributed by atoms with Crippen molar-refractivity contribution in [2.24, 2.45) is 17.6 Å². The van der Waals surface area contributed by atoms with E-state index in [1.807, 2.05) is 18.2 Å². The minimum atomic E-state index is -1.90. The first-order valence-electron chi connectivity index (χ1n) is 37.3. The molecule has 35 heteroatoms. The Labute approximate surface area is 648 Å². The van der Waals surface area contributed by atoms with E-state index in [2.05, 4.69) is 69.1 Å². The molecule has 4 rings (SSSR count). The monoisotopic (exact) mass is 1560 g/mol. The molecule has 11 unspecified atom stereocenters. The summed E-state index contributed by atoms with van der Waals surface area (Å²) in [7, 11) is 0. The fourth-order valence-electron chi connectivity index (χ4n) is 12.3. The summed E-state index contributed by atoms with van der Waals surface area (Å²) in [5.74, 6) is -13.9. The highest BCUT2D eigenvalue weighted by molar-refractivity contribution is 6.03. The van der Waals surface area contributed by atoms with Crippen LogP contribution in [0.15, 0.2) is 60.7 Å². The Balaban J connectivity index is 1.38. The number of nitrogens with zero attached hydrogens (tertiary/aromatic N) is 2. The van der Waals surface area contributed by atoms with Crippen molar-refractivity contribution in [1.29, 1.82) is 0 Å². The normalized spacial score (nSPS) is 18.2. The van der Waals surface area contributed by atoms with E-state index >= 15 is 0 Å². The number of amides is 16. The molecular weight excluding hydrogens is 1440 g/mol. The number of hydrogen-bond acceptors (Lipinski definition) is 19. The minimum Gasteiger partial charge on any atom is -0.394 e. The van der Waals surface area contributed by atoms with Crippen molar-refractivity contribution in [3.63, 3.8) is 0 Å². The van der Waals surface area contributed by atoms with Gasteiger partial charge in [0.25, 0.3) is 0 Å². The first-order valence-corrected chi connectivity index (χ1v) is 37.3. The van der Waals surface area contributed by atoms with Crippen molar-refractivity contribution >= 4 is 94.5 Å². The molecule has 2 fully saturated rings. The molecule has 16 amide bonds. The lowest BCUT2D eigenvalue weighted by Crippen LogP contribution is -2.67. The molecule has 0 bridgehead atoms. The highest BCUT2D eigenvalue weighted by atomic mass is 16.3. The SMILES string of the molecule is CCC(C)(NC(=O)C(CCC(N)=O)NC(=O)C1CC(O)CN1C(=O)C(C)(C)NC(=O)C(C)(C)NC(=O)C(CC(C)C)NC(=O)CNC(=O)C(NC(=O)C(C)(C)NC(=O)C(C)(C)NC(=O)C(C)(C)NC(=O)C(Cc1ccccc1)NC(C)=O)C(C)C)C(=O)N1CC(O)CC1C(=O)NC(C)C(=O)NC(CO)Cc1ccccc1. The van der Waals surface area contributed by atoms with Crippen LogP contribution in [0.3, 0.4) is 0 Å². The van der Waals surface area contributed by atoms with E-state index in [9.17, 15) is 92.0 Å². The van der Waals surface area contributed by atoms with Crippen molar-refractivity contribution < 1.29 is 92.0 Å². The van der Waals surface area contributed by atoms with Crippen LogP contribution in [0.5, 0.6) is 0 Å². The lowest BCUT2D eigenvalue weighted by Gasteiger charge is -2.37. The Kier molecular flexibility index (Phi) is 33.3. The molecule has 2 aromatic rings. The van der Waals surface area contributed by atoms with Gasteiger partial charge in [-0.3, -0.25) is 76.7 Å². The highest BCUT2D eigenvalue weighted by Gasteiger charge is 2.50. The maximum absolute atomic E-state index is 14.6. The Morgan fingerprint density at radius 2 is 0.937 bits per heavy atom. The Morgan fingerprint density at radius 1 is 0.495 bits per heavy atom. The number of nitrogens with two attached hydrogens (primary N) is 1. The molecule has 2 saturated heterocycles. The zero-order valence-corrected chi connectivity index (χ0v) is 67.0. The van der Waals surface area contributed by atoms with Gasteiger partial charge in [0, 0.05) is 45.7 Å². The smallest absolute Gasteiger partial charge is 0.248 e. The summed E-state index contributed by atoms with van der Waals surface area (Å²) in [5, 5.41) is 65.5. The number of nitrogens with one attached hydrogen (secondary N) is 13. The molecule has 2 aliphatic rings. The number of β-amino-alcohol motifs (C(OH)–C–C–N with tert-alkyl or cyclic N) is 2. The van der Waals surface area contributed by atoms with Gasteiger partial charge in [-0.05, 0) is 132 Å². The van der Waals surface area contributed by atoms with E-state index in [1.165, 1.54) is 90.0 Å². The van der Waals surface area contributed by atoms with E-state index < -0.39 is 227 Å². The summed E-state index contributed by atoms with van der Waals surface area (Å²) in [5.41, 5.74) is -3.57. The van der Waals surface area contributed by atoms with Gasteiger partial charge in [0.1, 0.15) is 75.5 Å². The number of carbonyl (C=O) groups excluding carboxylic acids is 16. The molecular formula is C76H118N16O19. The number of likely N-dealkylation sites (tertiary alicyclic amines) is 2. The van der Waals surface area contributed by atoms with Gasteiger partial charge in [-0.2, -0.15) is 0 Å². The fourth-order valence-corrected chi connectivity index (χ4v) is 12.3. The number of aliphatic hydroxyl groups is 3. The molecule has 0 saturated carbocycles. The van der Waals surface area contributed by atoms with E-state index in [0.29, 0.717) is 6.42 Å². The van der Waals surface area contributed by atoms with Crippen molar-refractivity contribution in [2.75, 3.05) is 26.2 Å². The van der Waals surface area contributed by atoms with Crippen molar-refractivity contribution in [2.45, 2.75) is 270 Å². The first-order chi connectivity index (χ1) is 51.3. The third kappa shape index (κ3) is 27.4. The topological polar surface area (TPSA) is 523 Å². The van der Waals surface area contributed by atoms with Crippen LogP contribution < -0.4 is 74.9 Å². The highest BCUT2D eigenvalue weighted by Crippen LogP contribution is 2.27. The van der Waals surface area contributed by atoms with Gasteiger partial charge in [-0.1, -0.05) is 95.3 Å². The maximum Gasteiger partial charge on any atom is 0.248 e. The number of carbonyl (C=O) groups is 16. The molecule has 111 heavy (non-hydrogen) atoms. The van der Waals surface area contributed by atoms with Crippen LogP contribution in [0.1, 0.15) is 174 Å². The number of benzene rings is 2. The molecule has 0 aliphatic carbocycles. The lowest BCUT2D eigenvalue weighted by atomic mass is 9.94. The molecule has 2 aromatic carbocycles. The summed E-state index contributed by atoms with van der Waals surface area (Å²) >= 11 is 0. The summed E-state index contributed by atoms with van der Waals surface area (Å²) in [6.45, 7) is 23.9. The van der Waals surface area contributed by atoms with Crippen molar-refractivity contribution in [3.05, 3.63) is 71.8 Å². The number of rotatable bonds is 39. The van der Waals surface area contributed by atoms with Crippen LogP contribution in [0.4, 0.5) is 0 Å². The quantitative estimate of drug-likeness (QED) is 0.0321. The second-order valence-electron chi connectivity index (χ2n) is 32.3. The van der Waals surface area contributed by atoms with E-state index in [-0.39, 0.29) is 44.6 Å². The fraction of sp³-hybridized carbons (Fsp3) is 0.632. The number of primary amides is 1. The molecule has 35 nitrogen and oxygen atoms in total. The van der Waals surface area contributed by atoms with Gasteiger partial charge in [-0.15, -0.1) is 0 Å². The second-order valence-corrected chi connectivity index (χ2v) is 32.3. The van der Waals surface area contributed by atoms with Crippen LogP contribution >= 0.6 is 0 Å². The number of aliphatic hydroxyl groups excluding tert-OH is 3. The van der Waals surface area contributed by atoms with Crippen molar-refractivity contribution in [1.82, 2.24) is 78.9 Å². The largest absolute Gasteiger partial charge is 0.394 e. The number of hydrogen-bond donors (Lipinski definition) is 17. The summed E-state index contributed by atoms with van der Waals surface area (Å²) in [4.78, 5) is 222. The first kappa shape index (κ1) is 93.2. The molecule has 0 aromatic heterocycles. The Hall–Kier alpha value is -10.2. The van der Waals surface area contributed by atoms with Gasteiger partial charge < -0.3 is 100.0 Å². The minimum absolute atomic E-state index is 0.0169. The van der Waals surface area contributed by atoms with Gasteiger partial charge in [0.2, 0.25) is 94.5 Å². The van der Waals surface area contributed by atoms with Gasteiger partial charge in [0.05, 0.1) is 31.4 Å². The molecule has 18 N–H and O–H groups in total. The summed E-state index contributed by atoms with van der Waals surface area (Å²) in [6, 6.07) is 8.00. The molecule has 2 heterocycles. The average Bonchev–Trinajstić information content (AvgIpc) is 1.73. The summed E-state index contributed by atoms with van der Waals surface area (Å²) < 4.78 is 0. The van der Waals surface area contributed by atoms with Gasteiger partial charge >= 0.3 is 0 Å². The van der Waals surface area contributed by atoms with Crippen molar-refractivity contribution in [3.8, 4) is 0 Å². The van der Waals surface area contributed by atoms with Crippen LogP contribution in [0.2, 0.25) is 0 Å². The van der Waals surface area contributed by atoms with Crippen LogP contribution in [0.25, 0.3) is 0 Å².